The first kappa shape index (κ1) is 14.2. The van der Waals surface area contributed by atoms with Crippen LogP contribution in [0.1, 0.15) is 37.8 Å². The maximum Gasteiger partial charge on any atom is 0.227 e. The van der Waals surface area contributed by atoms with E-state index in [0.29, 0.717) is 0 Å². The molecule has 0 spiro atoms. The number of carbonyl (C=O) groups is 1. The second-order valence-electron chi connectivity index (χ2n) is 4.62. The Labute approximate surface area is 112 Å². The van der Waals surface area contributed by atoms with Gasteiger partial charge in [0, 0.05) is 10.4 Å². The smallest absolute Gasteiger partial charge is 0.227 e. The van der Waals surface area contributed by atoms with Crippen LogP contribution in [0.5, 0.6) is 0 Å². The summed E-state index contributed by atoms with van der Waals surface area (Å²) >= 11 is 3.50. The van der Waals surface area contributed by atoms with Crippen molar-refractivity contribution in [3.05, 3.63) is 27.7 Å². The SMILES string of the molecule is CCCC(C)C(=O)Nc1c(C)cc(C)cc1Br. The number of amides is 1. The van der Waals surface area contributed by atoms with Crippen molar-refractivity contribution >= 4 is 27.5 Å². The molecule has 94 valence electrons. The quantitative estimate of drug-likeness (QED) is 0.874. The highest BCUT2D eigenvalue weighted by atomic mass is 79.9. The predicted molar refractivity (Wildman–Crippen MR) is 76.3 cm³/mol. The van der Waals surface area contributed by atoms with Gasteiger partial charge in [-0.15, -0.1) is 0 Å². The molecule has 0 aromatic heterocycles. The average molecular weight is 298 g/mol. The van der Waals surface area contributed by atoms with Gasteiger partial charge in [0.1, 0.15) is 0 Å². The number of halogens is 1. The Bertz CT molecular complexity index is 392. The molecule has 1 unspecified atom stereocenters. The molecule has 0 aliphatic carbocycles. The van der Waals surface area contributed by atoms with Crippen molar-refractivity contribution in [3.8, 4) is 0 Å². The molecule has 0 saturated carbocycles. The molecule has 1 rings (SSSR count). The molecule has 1 atom stereocenters. The summed E-state index contributed by atoms with van der Waals surface area (Å²) in [4.78, 5) is 12.0. The lowest BCUT2D eigenvalue weighted by molar-refractivity contribution is -0.119. The first-order chi connectivity index (χ1) is 7.95. The molecule has 0 radical (unpaired) electrons. The molecule has 1 aromatic rings. The van der Waals surface area contributed by atoms with Gasteiger partial charge in [0.05, 0.1) is 5.69 Å². The minimum atomic E-state index is 0.0626. The highest BCUT2D eigenvalue weighted by Crippen LogP contribution is 2.28. The zero-order valence-corrected chi connectivity index (χ0v) is 12.5. The zero-order chi connectivity index (χ0) is 13.0. The highest BCUT2D eigenvalue weighted by molar-refractivity contribution is 9.10. The maximum absolute atomic E-state index is 12.0. The lowest BCUT2D eigenvalue weighted by Gasteiger charge is -2.15. The lowest BCUT2D eigenvalue weighted by atomic mass is 10.0. The van der Waals surface area contributed by atoms with Gasteiger partial charge in [0.25, 0.3) is 0 Å². The molecular weight excluding hydrogens is 278 g/mol. The molecule has 2 nitrogen and oxygen atoms in total. The van der Waals surface area contributed by atoms with Crippen molar-refractivity contribution in [1.29, 1.82) is 0 Å². The largest absolute Gasteiger partial charge is 0.325 e. The third-order valence-electron chi connectivity index (χ3n) is 2.85. The first-order valence-corrected chi connectivity index (χ1v) is 6.82. The van der Waals surface area contributed by atoms with Crippen LogP contribution >= 0.6 is 15.9 Å². The van der Waals surface area contributed by atoms with Gasteiger partial charge in [-0.25, -0.2) is 0 Å². The Morgan fingerprint density at radius 1 is 1.41 bits per heavy atom. The van der Waals surface area contributed by atoms with E-state index >= 15 is 0 Å². The number of carbonyl (C=O) groups excluding carboxylic acids is 1. The minimum Gasteiger partial charge on any atom is -0.325 e. The number of aryl methyl sites for hydroxylation is 2. The topological polar surface area (TPSA) is 29.1 Å². The average Bonchev–Trinajstić information content (AvgIpc) is 2.23. The fourth-order valence-corrected chi connectivity index (χ4v) is 2.66. The third kappa shape index (κ3) is 3.84. The van der Waals surface area contributed by atoms with E-state index in [4.69, 9.17) is 0 Å². The van der Waals surface area contributed by atoms with E-state index < -0.39 is 0 Å². The fourth-order valence-electron chi connectivity index (χ4n) is 1.88. The van der Waals surface area contributed by atoms with Gasteiger partial charge in [-0.2, -0.15) is 0 Å². The number of anilines is 1. The molecule has 1 N–H and O–H groups in total. The summed E-state index contributed by atoms with van der Waals surface area (Å²) in [5.74, 6) is 0.159. The van der Waals surface area contributed by atoms with Crippen LogP contribution in [0.3, 0.4) is 0 Å². The van der Waals surface area contributed by atoms with Gasteiger partial charge >= 0.3 is 0 Å². The van der Waals surface area contributed by atoms with Gasteiger partial charge < -0.3 is 5.32 Å². The summed E-state index contributed by atoms with van der Waals surface area (Å²) in [5.41, 5.74) is 3.17. The number of rotatable bonds is 4. The lowest BCUT2D eigenvalue weighted by Crippen LogP contribution is -2.21. The predicted octanol–water partition coefficient (Wildman–Crippen LogP) is 4.44. The second kappa shape index (κ2) is 6.20. The molecule has 0 heterocycles. The monoisotopic (exact) mass is 297 g/mol. The molecule has 0 fully saturated rings. The number of hydrogen-bond acceptors (Lipinski definition) is 1. The molecule has 0 aliphatic heterocycles. The van der Waals surface area contributed by atoms with Crippen molar-refractivity contribution in [2.75, 3.05) is 5.32 Å². The highest BCUT2D eigenvalue weighted by Gasteiger charge is 2.14. The van der Waals surface area contributed by atoms with Crippen LogP contribution in [-0.2, 0) is 4.79 Å². The van der Waals surface area contributed by atoms with Crippen LogP contribution in [0.2, 0.25) is 0 Å². The van der Waals surface area contributed by atoms with Crippen LogP contribution in [0, 0.1) is 19.8 Å². The van der Waals surface area contributed by atoms with Gasteiger partial charge in [-0.05, 0) is 53.4 Å². The molecular formula is C14H20BrNO. The van der Waals surface area contributed by atoms with Crippen molar-refractivity contribution in [2.45, 2.75) is 40.5 Å². The first-order valence-electron chi connectivity index (χ1n) is 6.03. The third-order valence-corrected chi connectivity index (χ3v) is 3.47. The summed E-state index contributed by atoms with van der Waals surface area (Å²) in [6.45, 7) is 8.12. The standard InChI is InChI=1S/C14H20BrNO/c1-5-6-10(3)14(17)16-13-11(4)7-9(2)8-12(13)15/h7-8,10H,5-6H2,1-4H3,(H,16,17). The number of nitrogens with one attached hydrogen (secondary N) is 1. The number of hydrogen-bond donors (Lipinski definition) is 1. The van der Waals surface area contributed by atoms with Crippen molar-refractivity contribution < 1.29 is 4.79 Å². The van der Waals surface area contributed by atoms with E-state index in [0.717, 1.165) is 28.6 Å². The normalized spacial score (nSPS) is 12.3. The summed E-state index contributed by atoms with van der Waals surface area (Å²) in [5, 5.41) is 3.00. The molecule has 17 heavy (non-hydrogen) atoms. The molecule has 1 aromatic carbocycles. The van der Waals surface area contributed by atoms with E-state index in [1.54, 1.807) is 0 Å². The van der Waals surface area contributed by atoms with Crippen LogP contribution in [0.25, 0.3) is 0 Å². The zero-order valence-electron chi connectivity index (χ0n) is 10.9. The Morgan fingerprint density at radius 3 is 2.59 bits per heavy atom. The van der Waals surface area contributed by atoms with Crippen LogP contribution in [-0.4, -0.2) is 5.91 Å². The van der Waals surface area contributed by atoms with E-state index in [9.17, 15) is 4.79 Å². The van der Waals surface area contributed by atoms with Crippen LogP contribution in [0.4, 0.5) is 5.69 Å². The second-order valence-corrected chi connectivity index (χ2v) is 5.47. The van der Waals surface area contributed by atoms with Gasteiger partial charge in [0.2, 0.25) is 5.91 Å². The fraction of sp³-hybridized carbons (Fsp3) is 0.500. The maximum atomic E-state index is 12.0. The molecule has 0 saturated heterocycles. The Morgan fingerprint density at radius 2 is 2.06 bits per heavy atom. The van der Waals surface area contributed by atoms with Gasteiger partial charge in [-0.1, -0.05) is 26.3 Å². The number of benzene rings is 1. The summed E-state index contributed by atoms with van der Waals surface area (Å²) < 4.78 is 0.951. The minimum absolute atomic E-state index is 0.0626. The van der Waals surface area contributed by atoms with E-state index in [1.807, 2.05) is 26.8 Å². The van der Waals surface area contributed by atoms with Crippen molar-refractivity contribution in [1.82, 2.24) is 0 Å². The van der Waals surface area contributed by atoms with Crippen molar-refractivity contribution in [3.63, 3.8) is 0 Å². The summed E-state index contributed by atoms with van der Waals surface area (Å²) in [6.07, 6.45) is 1.96. The Hall–Kier alpha value is -0.830. The Balaban J connectivity index is 2.85. The van der Waals surface area contributed by atoms with E-state index in [1.165, 1.54) is 5.56 Å². The molecule has 3 heteroatoms. The summed E-state index contributed by atoms with van der Waals surface area (Å²) in [7, 11) is 0. The molecule has 0 aliphatic rings. The Kier molecular flexibility index (Phi) is 5.19. The van der Waals surface area contributed by atoms with Crippen LogP contribution in [0.15, 0.2) is 16.6 Å². The van der Waals surface area contributed by atoms with E-state index in [2.05, 4.69) is 34.2 Å². The molecule has 0 bridgehead atoms. The van der Waals surface area contributed by atoms with Gasteiger partial charge in [0.15, 0.2) is 0 Å². The summed E-state index contributed by atoms with van der Waals surface area (Å²) in [6, 6.07) is 4.10. The van der Waals surface area contributed by atoms with Crippen LogP contribution < -0.4 is 5.32 Å². The molecule has 1 amide bonds. The van der Waals surface area contributed by atoms with Gasteiger partial charge in [-0.3, -0.25) is 4.79 Å². The van der Waals surface area contributed by atoms with Crippen molar-refractivity contribution in [2.24, 2.45) is 5.92 Å². The van der Waals surface area contributed by atoms with E-state index in [-0.39, 0.29) is 11.8 Å².